The van der Waals surface area contributed by atoms with Gasteiger partial charge in [0.2, 0.25) is 5.91 Å². The lowest BCUT2D eigenvalue weighted by Crippen LogP contribution is -2.14. The molecule has 0 radical (unpaired) electrons. The number of aromatic nitrogens is 2. The summed E-state index contributed by atoms with van der Waals surface area (Å²) in [5, 5.41) is 5.88. The molecule has 2 heterocycles. The highest BCUT2D eigenvalue weighted by atomic mass is 32.1. The Labute approximate surface area is 163 Å². The number of aryl methyl sites for hydroxylation is 2. The fourth-order valence-corrected chi connectivity index (χ4v) is 3.38. The third kappa shape index (κ3) is 6.18. The Morgan fingerprint density at radius 3 is 2.63 bits per heavy atom. The van der Waals surface area contributed by atoms with Crippen molar-refractivity contribution in [3.63, 3.8) is 0 Å². The van der Waals surface area contributed by atoms with Gasteiger partial charge in [0.1, 0.15) is 5.75 Å². The molecule has 6 heteroatoms. The molecule has 1 N–H and O–H groups in total. The van der Waals surface area contributed by atoms with E-state index < -0.39 is 0 Å². The monoisotopic (exact) mass is 381 g/mol. The number of nitrogens with zero attached hydrogens (tertiary/aromatic N) is 2. The molecule has 0 aliphatic heterocycles. The predicted molar refractivity (Wildman–Crippen MR) is 108 cm³/mol. The Morgan fingerprint density at radius 1 is 1.11 bits per heavy atom. The Bertz CT molecular complexity index is 861. The number of ether oxygens (including phenoxy) is 1. The summed E-state index contributed by atoms with van der Waals surface area (Å²) in [6, 6.07) is 13.3. The van der Waals surface area contributed by atoms with Crippen molar-refractivity contribution in [2.75, 3.05) is 5.32 Å². The summed E-state index contributed by atoms with van der Waals surface area (Å²) in [4.78, 5) is 21.1. The largest absolute Gasteiger partial charge is 0.491 e. The van der Waals surface area contributed by atoms with Crippen molar-refractivity contribution in [3.05, 3.63) is 70.4 Å². The molecule has 1 amide bonds. The van der Waals surface area contributed by atoms with Gasteiger partial charge in [-0.1, -0.05) is 6.07 Å². The number of benzene rings is 1. The molecule has 0 aliphatic carbocycles. The summed E-state index contributed by atoms with van der Waals surface area (Å²) in [6.07, 6.45) is 3.88. The summed E-state index contributed by atoms with van der Waals surface area (Å²) in [5.41, 5.74) is 2.60. The molecular weight excluding hydrogens is 358 g/mol. The number of thiazole rings is 1. The zero-order valence-electron chi connectivity index (χ0n) is 15.5. The summed E-state index contributed by atoms with van der Waals surface area (Å²) in [5.74, 6) is 0.717. The van der Waals surface area contributed by atoms with Gasteiger partial charge in [-0.2, -0.15) is 0 Å². The maximum absolute atomic E-state index is 12.2. The highest BCUT2D eigenvalue weighted by Gasteiger charge is 2.09. The predicted octanol–water partition coefficient (Wildman–Crippen LogP) is 4.29. The van der Waals surface area contributed by atoms with E-state index in [9.17, 15) is 4.79 Å². The van der Waals surface area contributed by atoms with Crippen LogP contribution in [0.3, 0.4) is 0 Å². The summed E-state index contributed by atoms with van der Waals surface area (Å²) >= 11 is 1.59. The first-order valence-electron chi connectivity index (χ1n) is 8.98. The maximum Gasteiger partial charge on any atom is 0.230 e. The number of hydrogen-bond acceptors (Lipinski definition) is 5. The first-order chi connectivity index (χ1) is 13.1. The van der Waals surface area contributed by atoms with E-state index in [1.807, 2.05) is 61.7 Å². The van der Waals surface area contributed by atoms with E-state index in [2.05, 4.69) is 15.3 Å². The van der Waals surface area contributed by atoms with Crippen molar-refractivity contribution in [1.82, 2.24) is 9.97 Å². The van der Waals surface area contributed by atoms with Gasteiger partial charge in [0.05, 0.1) is 23.2 Å². The SMILES string of the molecule is CC(C)Oc1ccc(NC(=O)Cc2csc(CCc3ccccn3)n2)cc1. The number of carbonyl (C=O) groups excluding carboxylic acids is 1. The molecule has 0 unspecified atom stereocenters. The second kappa shape index (κ2) is 9.28. The van der Waals surface area contributed by atoms with Crippen LogP contribution < -0.4 is 10.1 Å². The standard InChI is InChI=1S/C21H23N3O2S/c1-15(2)26-19-9-6-17(7-10-19)23-20(25)13-18-14-27-21(24-18)11-8-16-5-3-4-12-22-16/h3-7,9-10,12,14-15H,8,11,13H2,1-2H3,(H,23,25). The van der Waals surface area contributed by atoms with Gasteiger partial charge in [0.25, 0.3) is 0 Å². The van der Waals surface area contributed by atoms with Gasteiger partial charge in [0.15, 0.2) is 0 Å². The minimum absolute atomic E-state index is 0.0749. The molecule has 5 nitrogen and oxygen atoms in total. The molecule has 0 saturated heterocycles. The quantitative estimate of drug-likeness (QED) is 0.632. The first kappa shape index (κ1) is 19.0. The fraction of sp³-hybridized carbons (Fsp3) is 0.286. The molecule has 0 spiro atoms. The minimum atomic E-state index is -0.0749. The number of pyridine rings is 1. The molecule has 27 heavy (non-hydrogen) atoms. The van der Waals surface area contributed by atoms with Crippen LogP contribution in [0.15, 0.2) is 54.0 Å². The first-order valence-corrected chi connectivity index (χ1v) is 9.86. The highest BCUT2D eigenvalue weighted by Crippen LogP contribution is 2.18. The maximum atomic E-state index is 12.2. The number of carbonyl (C=O) groups is 1. The number of hydrogen-bond donors (Lipinski definition) is 1. The van der Waals surface area contributed by atoms with Crippen molar-refractivity contribution in [2.24, 2.45) is 0 Å². The van der Waals surface area contributed by atoms with E-state index in [0.29, 0.717) is 0 Å². The lowest BCUT2D eigenvalue weighted by molar-refractivity contribution is -0.115. The zero-order chi connectivity index (χ0) is 19.1. The van der Waals surface area contributed by atoms with Gasteiger partial charge < -0.3 is 10.1 Å². The van der Waals surface area contributed by atoms with E-state index in [1.54, 1.807) is 17.5 Å². The molecule has 0 aliphatic rings. The smallest absolute Gasteiger partial charge is 0.230 e. The third-order valence-electron chi connectivity index (χ3n) is 3.77. The fourth-order valence-electron chi connectivity index (χ4n) is 2.58. The van der Waals surface area contributed by atoms with Crippen LogP contribution in [0.25, 0.3) is 0 Å². The van der Waals surface area contributed by atoms with Gasteiger partial charge in [-0.3, -0.25) is 9.78 Å². The van der Waals surface area contributed by atoms with E-state index >= 15 is 0 Å². The molecule has 0 saturated carbocycles. The topological polar surface area (TPSA) is 64.1 Å². The van der Waals surface area contributed by atoms with Gasteiger partial charge in [0, 0.05) is 29.4 Å². The van der Waals surface area contributed by atoms with Crippen LogP contribution in [0.2, 0.25) is 0 Å². The Hall–Kier alpha value is -2.73. The van der Waals surface area contributed by atoms with E-state index in [1.165, 1.54) is 0 Å². The van der Waals surface area contributed by atoms with Crippen molar-refractivity contribution >= 4 is 22.9 Å². The average molecular weight is 382 g/mol. The number of nitrogens with one attached hydrogen (secondary N) is 1. The normalized spacial score (nSPS) is 10.8. The summed E-state index contributed by atoms with van der Waals surface area (Å²) < 4.78 is 5.60. The molecule has 0 bridgehead atoms. The lowest BCUT2D eigenvalue weighted by atomic mass is 10.2. The molecular formula is C21H23N3O2S. The third-order valence-corrected chi connectivity index (χ3v) is 4.73. The van der Waals surface area contributed by atoms with Crippen molar-refractivity contribution in [1.29, 1.82) is 0 Å². The molecule has 0 atom stereocenters. The van der Waals surface area contributed by atoms with Crippen LogP contribution >= 0.6 is 11.3 Å². The van der Waals surface area contributed by atoms with Crippen LogP contribution in [-0.4, -0.2) is 22.0 Å². The minimum Gasteiger partial charge on any atom is -0.491 e. The number of rotatable bonds is 8. The lowest BCUT2D eigenvalue weighted by Gasteiger charge is -2.10. The summed E-state index contributed by atoms with van der Waals surface area (Å²) in [6.45, 7) is 3.96. The Balaban J connectivity index is 1.48. The van der Waals surface area contributed by atoms with Crippen molar-refractivity contribution < 1.29 is 9.53 Å². The van der Waals surface area contributed by atoms with Gasteiger partial charge in [-0.15, -0.1) is 11.3 Å². The van der Waals surface area contributed by atoms with Crippen molar-refractivity contribution in [2.45, 2.75) is 39.2 Å². The Morgan fingerprint density at radius 2 is 1.93 bits per heavy atom. The molecule has 2 aromatic heterocycles. The van der Waals surface area contributed by atoms with Crippen LogP contribution in [-0.2, 0) is 24.1 Å². The van der Waals surface area contributed by atoms with Gasteiger partial charge >= 0.3 is 0 Å². The number of amides is 1. The van der Waals surface area contributed by atoms with Crippen LogP contribution in [0.4, 0.5) is 5.69 Å². The van der Waals surface area contributed by atoms with E-state index in [0.717, 1.165) is 40.7 Å². The van der Waals surface area contributed by atoms with Crippen molar-refractivity contribution in [3.8, 4) is 5.75 Å². The van der Waals surface area contributed by atoms with Crippen LogP contribution in [0.1, 0.15) is 30.2 Å². The second-order valence-corrected chi connectivity index (χ2v) is 7.41. The zero-order valence-corrected chi connectivity index (χ0v) is 16.3. The molecule has 140 valence electrons. The Kier molecular flexibility index (Phi) is 6.54. The van der Waals surface area contributed by atoms with Crippen LogP contribution in [0, 0.1) is 0 Å². The molecule has 3 rings (SSSR count). The summed E-state index contributed by atoms with van der Waals surface area (Å²) in [7, 11) is 0. The second-order valence-electron chi connectivity index (χ2n) is 6.47. The molecule has 0 fully saturated rings. The van der Waals surface area contributed by atoms with E-state index in [-0.39, 0.29) is 18.4 Å². The highest BCUT2D eigenvalue weighted by molar-refractivity contribution is 7.09. The van der Waals surface area contributed by atoms with Crippen LogP contribution in [0.5, 0.6) is 5.75 Å². The molecule has 3 aromatic rings. The molecule has 1 aromatic carbocycles. The van der Waals surface area contributed by atoms with Gasteiger partial charge in [-0.05, 0) is 56.7 Å². The number of anilines is 1. The average Bonchev–Trinajstić information content (AvgIpc) is 3.09. The van der Waals surface area contributed by atoms with Gasteiger partial charge in [-0.25, -0.2) is 4.98 Å². The van der Waals surface area contributed by atoms with E-state index in [4.69, 9.17) is 4.74 Å².